The van der Waals surface area contributed by atoms with E-state index in [-0.39, 0.29) is 28.8 Å². The molecule has 2 atom stereocenters. The van der Waals surface area contributed by atoms with Gasteiger partial charge in [0.05, 0.1) is 5.75 Å². The Morgan fingerprint density at radius 2 is 1.87 bits per heavy atom. The summed E-state index contributed by atoms with van der Waals surface area (Å²) in [6.07, 6.45) is 3.09. The first kappa shape index (κ1) is 16.9. The second kappa shape index (κ2) is 5.28. The van der Waals surface area contributed by atoms with Gasteiger partial charge in [-0.3, -0.25) is 9.59 Å². The highest BCUT2D eigenvalue weighted by molar-refractivity contribution is 7.89. The molecule has 1 heterocycles. The average Bonchev–Trinajstić information content (AvgIpc) is 2.81. The van der Waals surface area contributed by atoms with Gasteiger partial charge in [0.25, 0.3) is 0 Å². The van der Waals surface area contributed by atoms with Crippen LogP contribution in [0.4, 0.5) is 0 Å². The molecular weight excluding hydrogens is 316 g/mol. The Kier molecular flexibility index (Phi) is 3.87. The summed E-state index contributed by atoms with van der Waals surface area (Å²) in [5.74, 6) is -0.240. The first-order chi connectivity index (χ1) is 10.6. The molecular formula is C16H26N2O4S. The van der Waals surface area contributed by atoms with Gasteiger partial charge >= 0.3 is 0 Å². The Labute approximate surface area is 137 Å². The lowest BCUT2D eigenvalue weighted by Crippen LogP contribution is -2.49. The molecule has 6 nitrogen and oxygen atoms in total. The third kappa shape index (κ3) is 2.43. The normalized spacial score (nSPS) is 34.9. The molecule has 2 bridgehead atoms. The lowest BCUT2D eigenvalue weighted by atomic mass is 9.70. The van der Waals surface area contributed by atoms with E-state index in [9.17, 15) is 18.0 Å². The van der Waals surface area contributed by atoms with Crippen LogP contribution in [0.1, 0.15) is 46.0 Å². The Morgan fingerprint density at radius 1 is 1.26 bits per heavy atom. The van der Waals surface area contributed by atoms with Gasteiger partial charge < -0.3 is 5.73 Å². The minimum Gasteiger partial charge on any atom is -0.369 e. The minimum absolute atomic E-state index is 0.0798. The summed E-state index contributed by atoms with van der Waals surface area (Å²) in [5.41, 5.74) is 4.33. The van der Waals surface area contributed by atoms with Crippen LogP contribution in [0.3, 0.4) is 0 Å². The molecule has 3 fully saturated rings. The predicted molar refractivity (Wildman–Crippen MR) is 85.8 cm³/mol. The van der Waals surface area contributed by atoms with Crippen LogP contribution in [-0.4, -0.2) is 43.3 Å². The fourth-order valence-electron chi connectivity index (χ4n) is 4.93. The number of carbonyl (C=O) groups excluding carboxylic acids is 2. The van der Waals surface area contributed by atoms with E-state index in [0.29, 0.717) is 44.7 Å². The maximum Gasteiger partial charge on any atom is 0.220 e. The molecule has 130 valence electrons. The second-order valence-electron chi connectivity index (χ2n) is 8.00. The van der Waals surface area contributed by atoms with Crippen molar-refractivity contribution in [2.75, 3.05) is 18.8 Å². The van der Waals surface area contributed by atoms with E-state index in [2.05, 4.69) is 0 Å². The molecule has 0 spiro atoms. The number of ketones is 1. The van der Waals surface area contributed by atoms with Crippen molar-refractivity contribution in [2.45, 2.75) is 46.0 Å². The van der Waals surface area contributed by atoms with E-state index in [0.717, 1.165) is 6.42 Å². The van der Waals surface area contributed by atoms with Crippen molar-refractivity contribution in [3.05, 3.63) is 0 Å². The second-order valence-corrected chi connectivity index (χ2v) is 9.97. The number of fused-ring (bicyclic) bond motifs is 2. The summed E-state index contributed by atoms with van der Waals surface area (Å²) in [6, 6.07) is 0. The molecule has 1 saturated heterocycles. The number of amides is 1. The third-order valence-electron chi connectivity index (χ3n) is 6.82. The fourth-order valence-corrected chi connectivity index (χ4v) is 7.18. The third-order valence-corrected chi connectivity index (χ3v) is 8.83. The Bertz CT molecular complexity index is 634. The van der Waals surface area contributed by atoms with Crippen molar-refractivity contribution >= 4 is 21.7 Å². The number of rotatable bonds is 4. The highest BCUT2D eigenvalue weighted by atomic mass is 32.2. The molecule has 0 radical (unpaired) electrons. The van der Waals surface area contributed by atoms with Crippen LogP contribution in [0, 0.1) is 22.7 Å². The molecule has 2 N–H and O–H groups in total. The van der Waals surface area contributed by atoms with Crippen LogP contribution in [0.5, 0.6) is 0 Å². The van der Waals surface area contributed by atoms with Crippen LogP contribution in [0.25, 0.3) is 0 Å². The summed E-state index contributed by atoms with van der Waals surface area (Å²) in [6.45, 7) is 4.74. The zero-order valence-corrected chi connectivity index (χ0v) is 14.7. The molecule has 0 aromatic rings. The van der Waals surface area contributed by atoms with E-state index in [1.165, 1.54) is 4.31 Å². The first-order valence-electron chi connectivity index (χ1n) is 8.40. The van der Waals surface area contributed by atoms with Crippen LogP contribution >= 0.6 is 0 Å². The zero-order valence-electron chi connectivity index (χ0n) is 13.9. The number of hydrogen-bond acceptors (Lipinski definition) is 4. The van der Waals surface area contributed by atoms with Crippen molar-refractivity contribution in [3.63, 3.8) is 0 Å². The van der Waals surface area contributed by atoms with Crippen molar-refractivity contribution < 1.29 is 18.0 Å². The van der Waals surface area contributed by atoms with Crippen LogP contribution < -0.4 is 5.73 Å². The summed E-state index contributed by atoms with van der Waals surface area (Å²) < 4.78 is 27.2. The standard InChI is InChI=1S/C16H26N2O4S/c1-15(2)12-3-6-16(15,13(19)9-12)10-23(21,22)18-7-4-11(5-8-18)14(17)20/h11-12H,3-10H2,1-2H3,(H2,17,20)/t12-,16-/m1/s1. The maximum absolute atomic E-state index is 12.9. The van der Waals surface area contributed by atoms with E-state index < -0.39 is 15.4 Å². The van der Waals surface area contributed by atoms with Gasteiger partial charge in [-0.15, -0.1) is 0 Å². The van der Waals surface area contributed by atoms with Gasteiger partial charge in [0, 0.05) is 30.8 Å². The topological polar surface area (TPSA) is 97.5 Å². The van der Waals surface area contributed by atoms with E-state index in [1.807, 2.05) is 13.8 Å². The SMILES string of the molecule is CC1(C)[C@@H]2CC[C@@]1(CS(=O)(=O)N1CCC(C(N)=O)CC1)C(=O)C2. The molecule has 0 aromatic heterocycles. The lowest BCUT2D eigenvalue weighted by Gasteiger charge is -2.38. The van der Waals surface area contributed by atoms with Gasteiger partial charge in [-0.1, -0.05) is 13.8 Å². The van der Waals surface area contributed by atoms with E-state index >= 15 is 0 Å². The summed E-state index contributed by atoms with van der Waals surface area (Å²) in [5, 5.41) is 0. The summed E-state index contributed by atoms with van der Waals surface area (Å²) in [7, 11) is -3.50. The molecule has 1 amide bonds. The summed E-state index contributed by atoms with van der Waals surface area (Å²) >= 11 is 0. The van der Waals surface area contributed by atoms with Crippen molar-refractivity contribution in [2.24, 2.45) is 28.4 Å². The molecule has 23 heavy (non-hydrogen) atoms. The van der Waals surface area contributed by atoms with Crippen LogP contribution in [-0.2, 0) is 19.6 Å². The fraction of sp³-hybridized carbons (Fsp3) is 0.875. The van der Waals surface area contributed by atoms with Gasteiger partial charge in [-0.05, 0) is 37.0 Å². The maximum atomic E-state index is 12.9. The largest absolute Gasteiger partial charge is 0.369 e. The highest BCUT2D eigenvalue weighted by Gasteiger charge is 2.65. The van der Waals surface area contributed by atoms with Gasteiger partial charge in [0.2, 0.25) is 15.9 Å². The number of Topliss-reactive ketones (excluding diaryl/α,β-unsaturated/α-hetero) is 1. The number of nitrogens with zero attached hydrogens (tertiary/aromatic N) is 1. The molecule has 3 rings (SSSR count). The Balaban J connectivity index is 1.77. The molecule has 7 heteroatoms. The Morgan fingerprint density at radius 3 is 2.30 bits per heavy atom. The smallest absolute Gasteiger partial charge is 0.220 e. The van der Waals surface area contributed by atoms with E-state index in [4.69, 9.17) is 5.73 Å². The summed E-state index contributed by atoms with van der Waals surface area (Å²) in [4.78, 5) is 23.8. The zero-order chi connectivity index (χ0) is 17.0. The number of piperidine rings is 1. The van der Waals surface area contributed by atoms with Crippen LogP contribution in [0.15, 0.2) is 0 Å². The molecule has 0 unspecified atom stereocenters. The van der Waals surface area contributed by atoms with Gasteiger partial charge in [-0.25, -0.2) is 12.7 Å². The highest BCUT2D eigenvalue weighted by Crippen LogP contribution is 2.64. The molecule has 3 aliphatic rings. The van der Waals surface area contributed by atoms with Gasteiger partial charge in [0.1, 0.15) is 5.78 Å². The number of nitrogens with two attached hydrogens (primary N) is 1. The molecule has 2 aliphatic carbocycles. The molecule has 1 aliphatic heterocycles. The number of hydrogen-bond donors (Lipinski definition) is 1. The van der Waals surface area contributed by atoms with Gasteiger partial charge in [0.15, 0.2) is 0 Å². The number of primary amides is 1. The number of carbonyl (C=O) groups is 2. The quantitative estimate of drug-likeness (QED) is 0.821. The van der Waals surface area contributed by atoms with E-state index in [1.54, 1.807) is 0 Å². The van der Waals surface area contributed by atoms with Crippen LogP contribution in [0.2, 0.25) is 0 Å². The molecule has 2 saturated carbocycles. The molecule has 0 aromatic carbocycles. The first-order valence-corrected chi connectivity index (χ1v) is 10.0. The average molecular weight is 342 g/mol. The van der Waals surface area contributed by atoms with Crippen molar-refractivity contribution in [1.82, 2.24) is 4.31 Å². The minimum atomic E-state index is -3.50. The van der Waals surface area contributed by atoms with Crippen molar-refractivity contribution in [1.29, 1.82) is 0 Å². The van der Waals surface area contributed by atoms with Crippen molar-refractivity contribution in [3.8, 4) is 0 Å². The Hall–Kier alpha value is -0.950. The monoisotopic (exact) mass is 342 g/mol. The predicted octanol–water partition coefficient (Wildman–Crippen LogP) is 0.909. The van der Waals surface area contributed by atoms with Gasteiger partial charge in [-0.2, -0.15) is 0 Å². The lowest BCUT2D eigenvalue weighted by molar-refractivity contribution is -0.128. The number of sulfonamides is 1.